The third-order valence-corrected chi connectivity index (χ3v) is 6.02. The zero-order valence-electron chi connectivity index (χ0n) is 18.5. The fraction of sp³-hybridized carbons (Fsp3) is 0.360. The van der Waals surface area contributed by atoms with Gasteiger partial charge < -0.3 is 10.2 Å². The average Bonchev–Trinajstić information content (AvgIpc) is 3.31. The Labute approximate surface area is 187 Å². The van der Waals surface area contributed by atoms with E-state index in [0.29, 0.717) is 23.9 Å². The van der Waals surface area contributed by atoms with E-state index in [0.717, 1.165) is 37.1 Å². The molecule has 6 nitrogen and oxygen atoms in total. The van der Waals surface area contributed by atoms with Crippen LogP contribution < -0.4 is 5.32 Å². The van der Waals surface area contributed by atoms with E-state index in [9.17, 15) is 9.18 Å². The van der Waals surface area contributed by atoms with Gasteiger partial charge in [0.05, 0.1) is 5.69 Å². The largest absolute Gasteiger partial charge is 0.342 e. The molecule has 1 saturated heterocycles. The summed E-state index contributed by atoms with van der Waals surface area (Å²) in [7, 11) is 0. The molecular weight excluding hydrogens is 405 g/mol. The van der Waals surface area contributed by atoms with Gasteiger partial charge in [-0.25, -0.2) is 14.4 Å². The van der Waals surface area contributed by atoms with Crippen LogP contribution >= 0.6 is 0 Å². The molecule has 32 heavy (non-hydrogen) atoms. The molecule has 1 aromatic carbocycles. The van der Waals surface area contributed by atoms with Gasteiger partial charge in [0.15, 0.2) is 0 Å². The van der Waals surface area contributed by atoms with Gasteiger partial charge >= 0.3 is 0 Å². The van der Waals surface area contributed by atoms with Crippen molar-refractivity contribution in [1.82, 2.24) is 19.9 Å². The number of likely N-dealkylation sites (tertiary alicyclic amines) is 1. The van der Waals surface area contributed by atoms with Crippen LogP contribution in [-0.2, 0) is 4.79 Å². The number of benzene rings is 1. The SMILES string of the molecule is CCC(CC)C(=O)N1CC[C@@H](c2nc(Nc3cccc(F)c3)cc(-c3ccncc3)n2)C1. The molecule has 2 aromatic heterocycles. The molecule has 0 saturated carbocycles. The summed E-state index contributed by atoms with van der Waals surface area (Å²) in [5, 5.41) is 3.20. The zero-order valence-corrected chi connectivity index (χ0v) is 18.5. The van der Waals surface area contributed by atoms with Crippen LogP contribution in [0.3, 0.4) is 0 Å². The Morgan fingerprint density at radius 1 is 1.16 bits per heavy atom. The van der Waals surface area contributed by atoms with Crippen molar-refractivity contribution in [3.63, 3.8) is 0 Å². The Morgan fingerprint density at radius 3 is 2.66 bits per heavy atom. The van der Waals surface area contributed by atoms with E-state index in [4.69, 9.17) is 9.97 Å². The number of carbonyl (C=O) groups is 1. The van der Waals surface area contributed by atoms with Crippen LogP contribution in [0.2, 0.25) is 0 Å². The van der Waals surface area contributed by atoms with Crippen LogP contribution in [0, 0.1) is 11.7 Å². The van der Waals surface area contributed by atoms with E-state index in [2.05, 4.69) is 24.1 Å². The number of rotatable bonds is 7. The van der Waals surface area contributed by atoms with Crippen LogP contribution in [0.4, 0.5) is 15.9 Å². The van der Waals surface area contributed by atoms with E-state index < -0.39 is 0 Å². The Balaban J connectivity index is 1.63. The van der Waals surface area contributed by atoms with Crippen LogP contribution in [-0.4, -0.2) is 38.8 Å². The van der Waals surface area contributed by atoms with Crippen LogP contribution in [0.5, 0.6) is 0 Å². The first-order chi connectivity index (χ1) is 15.6. The number of carbonyl (C=O) groups excluding carboxylic acids is 1. The molecule has 0 aliphatic carbocycles. The lowest BCUT2D eigenvalue weighted by Gasteiger charge is -2.21. The highest BCUT2D eigenvalue weighted by Crippen LogP contribution is 2.30. The molecule has 1 aliphatic rings. The number of nitrogens with zero attached hydrogens (tertiary/aromatic N) is 4. The van der Waals surface area contributed by atoms with E-state index in [-0.39, 0.29) is 23.6 Å². The molecule has 3 heterocycles. The number of amides is 1. The monoisotopic (exact) mass is 433 g/mol. The minimum absolute atomic E-state index is 0.0585. The van der Waals surface area contributed by atoms with Crippen molar-refractivity contribution >= 4 is 17.4 Å². The standard InChI is InChI=1S/C25H28FN5O/c1-3-17(4-2)25(32)31-13-10-19(16-31)24-29-22(18-8-11-27-12-9-18)15-23(30-24)28-21-7-5-6-20(26)14-21/h5-9,11-12,14-15,17,19H,3-4,10,13,16H2,1-2H3,(H,28,29,30)/t19-/m1/s1. The second-order valence-electron chi connectivity index (χ2n) is 8.15. The van der Waals surface area contributed by atoms with Crippen LogP contribution in [0.1, 0.15) is 44.9 Å². The summed E-state index contributed by atoms with van der Waals surface area (Å²) in [4.78, 5) is 28.5. The number of aromatic nitrogens is 3. The number of halogens is 1. The molecular formula is C25H28FN5O. The Bertz CT molecular complexity index is 1070. The summed E-state index contributed by atoms with van der Waals surface area (Å²) >= 11 is 0. The maximum absolute atomic E-state index is 13.7. The highest BCUT2D eigenvalue weighted by atomic mass is 19.1. The molecule has 1 N–H and O–H groups in total. The number of nitrogens with one attached hydrogen (secondary N) is 1. The summed E-state index contributed by atoms with van der Waals surface area (Å²) in [6, 6.07) is 11.9. The quantitative estimate of drug-likeness (QED) is 0.556. The molecule has 0 bridgehead atoms. The Morgan fingerprint density at radius 2 is 1.94 bits per heavy atom. The first-order valence-corrected chi connectivity index (χ1v) is 11.2. The van der Waals surface area contributed by atoms with Crippen molar-refractivity contribution in [2.75, 3.05) is 18.4 Å². The maximum atomic E-state index is 13.7. The Hall–Kier alpha value is -3.35. The topological polar surface area (TPSA) is 71.0 Å². The number of pyridine rings is 1. The summed E-state index contributed by atoms with van der Waals surface area (Å²) in [6.07, 6.45) is 5.98. The second kappa shape index (κ2) is 9.85. The minimum Gasteiger partial charge on any atom is -0.342 e. The fourth-order valence-corrected chi connectivity index (χ4v) is 4.16. The third kappa shape index (κ3) is 4.93. The normalized spacial score (nSPS) is 15.9. The van der Waals surface area contributed by atoms with Gasteiger partial charge in [-0.1, -0.05) is 19.9 Å². The second-order valence-corrected chi connectivity index (χ2v) is 8.15. The molecule has 4 rings (SSSR count). The van der Waals surface area contributed by atoms with Crippen LogP contribution in [0.15, 0.2) is 54.9 Å². The van der Waals surface area contributed by atoms with Gasteiger partial charge in [-0.2, -0.15) is 0 Å². The Kier molecular flexibility index (Phi) is 6.73. The highest BCUT2D eigenvalue weighted by Gasteiger charge is 2.32. The first kappa shape index (κ1) is 21.9. The lowest BCUT2D eigenvalue weighted by Crippen LogP contribution is -2.34. The minimum atomic E-state index is -0.315. The predicted octanol–water partition coefficient (Wildman–Crippen LogP) is 5.17. The number of hydrogen-bond donors (Lipinski definition) is 1. The lowest BCUT2D eigenvalue weighted by atomic mass is 10.0. The first-order valence-electron chi connectivity index (χ1n) is 11.2. The summed E-state index contributed by atoms with van der Waals surface area (Å²) in [6.45, 7) is 5.46. The molecule has 3 aromatic rings. The van der Waals surface area contributed by atoms with E-state index in [1.165, 1.54) is 12.1 Å². The highest BCUT2D eigenvalue weighted by molar-refractivity contribution is 5.79. The van der Waals surface area contributed by atoms with Crippen molar-refractivity contribution in [1.29, 1.82) is 0 Å². The molecule has 0 unspecified atom stereocenters. The van der Waals surface area contributed by atoms with Crippen molar-refractivity contribution in [3.05, 3.63) is 66.5 Å². The van der Waals surface area contributed by atoms with Crippen LogP contribution in [0.25, 0.3) is 11.3 Å². The number of anilines is 2. The van der Waals surface area contributed by atoms with Gasteiger partial charge in [-0.3, -0.25) is 9.78 Å². The van der Waals surface area contributed by atoms with Gasteiger partial charge in [0.25, 0.3) is 0 Å². The van der Waals surface area contributed by atoms with E-state index in [1.54, 1.807) is 24.5 Å². The van der Waals surface area contributed by atoms with Gasteiger partial charge in [-0.15, -0.1) is 0 Å². The predicted molar refractivity (Wildman–Crippen MR) is 123 cm³/mol. The molecule has 1 fully saturated rings. The molecule has 1 atom stereocenters. The molecule has 0 spiro atoms. The molecule has 1 aliphatic heterocycles. The van der Waals surface area contributed by atoms with Crippen molar-refractivity contribution in [2.45, 2.75) is 39.0 Å². The zero-order chi connectivity index (χ0) is 22.5. The van der Waals surface area contributed by atoms with Crippen molar-refractivity contribution < 1.29 is 9.18 Å². The summed E-state index contributed by atoms with van der Waals surface area (Å²) in [5.41, 5.74) is 2.31. The summed E-state index contributed by atoms with van der Waals surface area (Å²) < 4.78 is 13.7. The number of hydrogen-bond acceptors (Lipinski definition) is 5. The maximum Gasteiger partial charge on any atom is 0.225 e. The van der Waals surface area contributed by atoms with Gasteiger partial charge in [0.2, 0.25) is 5.91 Å². The third-order valence-electron chi connectivity index (χ3n) is 6.02. The van der Waals surface area contributed by atoms with Crippen molar-refractivity contribution in [2.24, 2.45) is 5.92 Å². The molecule has 0 radical (unpaired) electrons. The van der Waals surface area contributed by atoms with Gasteiger partial charge in [-0.05, 0) is 49.6 Å². The molecule has 7 heteroatoms. The lowest BCUT2D eigenvalue weighted by molar-refractivity contribution is -0.134. The van der Waals surface area contributed by atoms with Gasteiger partial charge in [0.1, 0.15) is 17.5 Å². The summed E-state index contributed by atoms with van der Waals surface area (Å²) in [5.74, 6) is 1.33. The smallest absolute Gasteiger partial charge is 0.225 e. The van der Waals surface area contributed by atoms with Crippen molar-refractivity contribution in [3.8, 4) is 11.3 Å². The fourth-order valence-electron chi connectivity index (χ4n) is 4.16. The molecule has 166 valence electrons. The molecule has 1 amide bonds. The average molecular weight is 434 g/mol. The van der Waals surface area contributed by atoms with Gasteiger partial charge in [0, 0.05) is 54.6 Å². The van der Waals surface area contributed by atoms with E-state index in [1.807, 2.05) is 23.1 Å². The van der Waals surface area contributed by atoms with E-state index >= 15 is 0 Å².